The van der Waals surface area contributed by atoms with E-state index in [2.05, 4.69) is 0 Å². The summed E-state index contributed by atoms with van der Waals surface area (Å²) in [6.07, 6.45) is 0.227. The van der Waals surface area contributed by atoms with Gasteiger partial charge in [-0.05, 0) is 5.56 Å². The standard InChI is InChI=1S/C13H15NO4/c15-12(8-10-4-2-1-3-5-10)14-6-7-18-9-11(14)13(16)17/h1-5,11H,6-9H2,(H,16,17). The number of aliphatic carboxylic acids is 1. The second-order valence-electron chi connectivity index (χ2n) is 4.18. The quantitative estimate of drug-likeness (QED) is 0.849. The molecule has 1 saturated heterocycles. The predicted molar refractivity (Wildman–Crippen MR) is 64.1 cm³/mol. The second-order valence-corrected chi connectivity index (χ2v) is 4.18. The van der Waals surface area contributed by atoms with Gasteiger partial charge in [0.25, 0.3) is 0 Å². The summed E-state index contributed by atoms with van der Waals surface area (Å²) in [6, 6.07) is 8.44. The molecule has 0 aromatic heterocycles. The molecule has 18 heavy (non-hydrogen) atoms. The number of hydrogen-bond acceptors (Lipinski definition) is 3. The Morgan fingerprint density at radius 1 is 1.33 bits per heavy atom. The fraction of sp³-hybridized carbons (Fsp3) is 0.385. The van der Waals surface area contributed by atoms with Crippen molar-refractivity contribution in [3.8, 4) is 0 Å². The Morgan fingerprint density at radius 3 is 2.72 bits per heavy atom. The number of ether oxygens (including phenoxy) is 1. The first-order valence-corrected chi connectivity index (χ1v) is 5.82. The molecule has 0 radical (unpaired) electrons. The van der Waals surface area contributed by atoms with Crippen molar-refractivity contribution in [1.29, 1.82) is 0 Å². The molecule has 2 rings (SSSR count). The van der Waals surface area contributed by atoms with E-state index in [1.54, 1.807) is 0 Å². The summed E-state index contributed by atoms with van der Waals surface area (Å²) < 4.78 is 5.10. The highest BCUT2D eigenvalue weighted by atomic mass is 16.5. The number of nitrogens with zero attached hydrogens (tertiary/aromatic N) is 1. The van der Waals surface area contributed by atoms with Crippen LogP contribution in [0.3, 0.4) is 0 Å². The third kappa shape index (κ3) is 2.87. The zero-order valence-electron chi connectivity index (χ0n) is 9.91. The maximum atomic E-state index is 12.1. The maximum absolute atomic E-state index is 12.1. The van der Waals surface area contributed by atoms with Crippen molar-refractivity contribution >= 4 is 11.9 Å². The lowest BCUT2D eigenvalue weighted by atomic mass is 10.1. The normalized spacial score (nSPS) is 19.6. The minimum absolute atomic E-state index is 0.0653. The maximum Gasteiger partial charge on any atom is 0.328 e. The van der Waals surface area contributed by atoms with E-state index in [9.17, 15) is 9.59 Å². The minimum atomic E-state index is -1.02. The second kappa shape index (κ2) is 5.64. The van der Waals surface area contributed by atoms with Crippen LogP contribution in [0.4, 0.5) is 0 Å². The molecule has 1 amide bonds. The molecule has 1 fully saturated rings. The summed E-state index contributed by atoms with van der Waals surface area (Å²) in [5.41, 5.74) is 0.887. The third-order valence-electron chi connectivity index (χ3n) is 2.93. The Morgan fingerprint density at radius 2 is 2.06 bits per heavy atom. The van der Waals surface area contributed by atoms with Crippen LogP contribution in [-0.4, -0.2) is 47.7 Å². The van der Waals surface area contributed by atoms with E-state index in [0.717, 1.165) is 5.56 Å². The Hall–Kier alpha value is -1.88. The van der Waals surface area contributed by atoms with Gasteiger partial charge in [0.15, 0.2) is 6.04 Å². The Bertz CT molecular complexity index is 432. The lowest BCUT2D eigenvalue weighted by Crippen LogP contribution is -2.53. The lowest BCUT2D eigenvalue weighted by molar-refractivity contribution is -0.158. The first-order valence-electron chi connectivity index (χ1n) is 5.82. The van der Waals surface area contributed by atoms with Gasteiger partial charge in [0.2, 0.25) is 5.91 Å². The number of carboxylic acids is 1. The van der Waals surface area contributed by atoms with Crippen molar-refractivity contribution < 1.29 is 19.4 Å². The molecule has 5 nitrogen and oxygen atoms in total. The van der Waals surface area contributed by atoms with Crippen LogP contribution in [0.25, 0.3) is 0 Å². The molecule has 0 spiro atoms. The molecule has 1 aromatic rings. The van der Waals surface area contributed by atoms with Crippen LogP contribution >= 0.6 is 0 Å². The summed E-state index contributed by atoms with van der Waals surface area (Å²) in [5, 5.41) is 9.05. The summed E-state index contributed by atoms with van der Waals surface area (Å²) in [6.45, 7) is 0.794. The molecular formula is C13H15NO4. The van der Waals surface area contributed by atoms with Gasteiger partial charge >= 0.3 is 5.97 Å². The SMILES string of the molecule is O=C(O)C1COCCN1C(=O)Cc1ccccc1. The van der Waals surface area contributed by atoms with E-state index >= 15 is 0 Å². The van der Waals surface area contributed by atoms with Crippen LogP contribution in [0, 0.1) is 0 Å². The van der Waals surface area contributed by atoms with Gasteiger partial charge in [-0.15, -0.1) is 0 Å². The highest BCUT2D eigenvalue weighted by Gasteiger charge is 2.32. The van der Waals surface area contributed by atoms with Crippen molar-refractivity contribution in [3.05, 3.63) is 35.9 Å². The molecule has 5 heteroatoms. The van der Waals surface area contributed by atoms with Crippen molar-refractivity contribution in [3.63, 3.8) is 0 Å². The first kappa shape index (κ1) is 12.6. The summed E-state index contributed by atoms with van der Waals surface area (Å²) >= 11 is 0. The third-order valence-corrected chi connectivity index (χ3v) is 2.93. The zero-order chi connectivity index (χ0) is 13.0. The van der Waals surface area contributed by atoms with E-state index in [1.165, 1.54) is 4.90 Å². The van der Waals surface area contributed by atoms with Gasteiger partial charge in [0.1, 0.15) is 0 Å². The summed E-state index contributed by atoms with van der Waals surface area (Å²) in [7, 11) is 0. The molecule has 1 N–H and O–H groups in total. The van der Waals surface area contributed by atoms with E-state index in [1.807, 2.05) is 30.3 Å². The van der Waals surface area contributed by atoms with E-state index in [0.29, 0.717) is 13.2 Å². The van der Waals surface area contributed by atoms with Crippen LogP contribution in [-0.2, 0) is 20.7 Å². The van der Waals surface area contributed by atoms with E-state index < -0.39 is 12.0 Å². The minimum Gasteiger partial charge on any atom is -0.480 e. The molecule has 1 atom stereocenters. The molecule has 0 bridgehead atoms. The van der Waals surface area contributed by atoms with Crippen LogP contribution < -0.4 is 0 Å². The van der Waals surface area contributed by atoms with Gasteiger partial charge in [0, 0.05) is 6.54 Å². The molecular weight excluding hydrogens is 234 g/mol. The molecule has 0 aliphatic carbocycles. The van der Waals surface area contributed by atoms with Gasteiger partial charge in [-0.2, -0.15) is 0 Å². The topological polar surface area (TPSA) is 66.8 Å². The predicted octanol–water partition coefficient (Wildman–Crippen LogP) is 0.541. The number of benzene rings is 1. The van der Waals surface area contributed by atoms with E-state index in [-0.39, 0.29) is 18.9 Å². The molecule has 1 unspecified atom stereocenters. The van der Waals surface area contributed by atoms with Crippen LogP contribution in [0.1, 0.15) is 5.56 Å². The Balaban J connectivity index is 2.05. The molecule has 0 saturated carbocycles. The number of amides is 1. The zero-order valence-corrected chi connectivity index (χ0v) is 9.91. The van der Waals surface area contributed by atoms with Crippen molar-refractivity contribution in [2.75, 3.05) is 19.8 Å². The Labute approximate surface area is 105 Å². The van der Waals surface area contributed by atoms with Gasteiger partial charge in [0.05, 0.1) is 19.6 Å². The van der Waals surface area contributed by atoms with Crippen molar-refractivity contribution in [2.45, 2.75) is 12.5 Å². The molecule has 1 aliphatic rings. The number of hydrogen-bond donors (Lipinski definition) is 1. The molecule has 96 valence electrons. The lowest BCUT2D eigenvalue weighted by Gasteiger charge is -2.32. The highest BCUT2D eigenvalue weighted by Crippen LogP contribution is 2.10. The van der Waals surface area contributed by atoms with Crippen LogP contribution in [0.5, 0.6) is 0 Å². The Kier molecular flexibility index (Phi) is 3.94. The summed E-state index contributed by atoms with van der Waals surface area (Å²) in [4.78, 5) is 24.5. The first-order chi connectivity index (χ1) is 8.68. The highest BCUT2D eigenvalue weighted by molar-refractivity contribution is 5.85. The summed E-state index contributed by atoms with van der Waals surface area (Å²) in [5.74, 6) is -1.19. The average Bonchev–Trinajstić information content (AvgIpc) is 2.40. The number of carbonyl (C=O) groups excluding carboxylic acids is 1. The largest absolute Gasteiger partial charge is 0.480 e. The molecule has 1 aliphatic heterocycles. The molecule has 1 heterocycles. The molecule has 1 aromatic carbocycles. The monoisotopic (exact) mass is 249 g/mol. The van der Waals surface area contributed by atoms with Crippen molar-refractivity contribution in [2.24, 2.45) is 0 Å². The fourth-order valence-electron chi connectivity index (χ4n) is 1.98. The number of rotatable bonds is 3. The number of carboxylic acid groups (broad SMARTS) is 1. The van der Waals surface area contributed by atoms with Gasteiger partial charge in [-0.1, -0.05) is 30.3 Å². The smallest absolute Gasteiger partial charge is 0.328 e. The van der Waals surface area contributed by atoms with Gasteiger partial charge in [-0.25, -0.2) is 4.79 Å². The van der Waals surface area contributed by atoms with Gasteiger partial charge < -0.3 is 14.7 Å². The van der Waals surface area contributed by atoms with Crippen LogP contribution in [0.2, 0.25) is 0 Å². The van der Waals surface area contributed by atoms with Gasteiger partial charge in [-0.3, -0.25) is 4.79 Å². The van der Waals surface area contributed by atoms with Crippen LogP contribution in [0.15, 0.2) is 30.3 Å². The average molecular weight is 249 g/mol. The van der Waals surface area contributed by atoms with E-state index in [4.69, 9.17) is 9.84 Å². The number of carbonyl (C=O) groups is 2. The number of morpholine rings is 1. The fourth-order valence-corrected chi connectivity index (χ4v) is 1.98. The van der Waals surface area contributed by atoms with Crippen molar-refractivity contribution in [1.82, 2.24) is 4.90 Å².